The molecule has 0 aliphatic heterocycles. The Morgan fingerprint density at radius 1 is 0.846 bits per heavy atom. The molecule has 2 aromatic rings. The maximum Gasteiger partial charge on any atom is 0.229 e. The molecule has 134 valence electrons. The van der Waals surface area contributed by atoms with Crippen molar-refractivity contribution in [1.29, 1.82) is 0 Å². The number of rotatable bonds is 5. The Morgan fingerprint density at radius 2 is 1.50 bits per heavy atom. The van der Waals surface area contributed by atoms with Gasteiger partial charge in [-0.2, -0.15) is 0 Å². The number of Topliss-reactive ketones (excluding diaryl/α,β-unsaturated/α-hetero) is 1. The lowest BCUT2D eigenvalue weighted by atomic mass is 9.97. The number of nitrogens with zero attached hydrogens (tertiary/aromatic N) is 1. The molecule has 0 radical (unpaired) electrons. The van der Waals surface area contributed by atoms with Gasteiger partial charge in [-0.1, -0.05) is 0 Å². The molecule has 1 aliphatic carbocycles. The van der Waals surface area contributed by atoms with Gasteiger partial charge < -0.3 is 18.9 Å². The maximum atomic E-state index is 12.3. The first-order valence-corrected chi connectivity index (χ1v) is 7.70. The molecule has 1 aromatic heterocycles. The highest BCUT2D eigenvalue weighted by Crippen LogP contribution is 2.41. The van der Waals surface area contributed by atoms with Gasteiger partial charge in [-0.05, 0) is 24.3 Å². The molecular formula is C19H17NO6. The van der Waals surface area contributed by atoms with Crippen molar-refractivity contribution in [3.8, 4) is 28.5 Å². The lowest BCUT2D eigenvalue weighted by Crippen LogP contribution is -2.19. The highest BCUT2D eigenvalue weighted by atomic mass is 16.5. The Labute approximate surface area is 150 Å². The Hall–Kier alpha value is -3.35. The molecule has 0 bridgehead atoms. The zero-order chi connectivity index (χ0) is 18.8. The van der Waals surface area contributed by atoms with Gasteiger partial charge in [0, 0.05) is 11.6 Å². The molecule has 26 heavy (non-hydrogen) atoms. The molecule has 0 atom stereocenters. The largest absolute Gasteiger partial charge is 0.493 e. The highest BCUT2D eigenvalue weighted by Gasteiger charge is 2.28. The minimum atomic E-state index is -0.384. The minimum absolute atomic E-state index is 0.00448. The molecule has 3 rings (SSSR count). The summed E-state index contributed by atoms with van der Waals surface area (Å²) in [5, 5.41) is 0. The molecule has 0 spiro atoms. The number of ether oxygens (including phenoxy) is 4. The van der Waals surface area contributed by atoms with Crippen LogP contribution in [0.15, 0.2) is 36.1 Å². The van der Waals surface area contributed by atoms with Crippen LogP contribution < -0.4 is 14.2 Å². The summed E-state index contributed by atoms with van der Waals surface area (Å²) in [5.41, 5.74) is 1.45. The number of hydrogen-bond acceptors (Lipinski definition) is 7. The Kier molecular flexibility index (Phi) is 4.62. The number of aromatic nitrogens is 1. The van der Waals surface area contributed by atoms with Crippen molar-refractivity contribution in [2.45, 2.75) is 0 Å². The lowest BCUT2D eigenvalue weighted by molar-refractivity contribution is 0.0914. The molecule has 0 unspecified atom stereocenters. The molecule has 1 aliphatic rings. The zero-order valence-electron chi connectivity index (χ0n) is 14.8. The SMILES string of the molecule is COC1=CC(=O)c2nc(-c3cc(OC)c(OC)c(OC)c3)ccc2C1=O. The standard InChI is InChI=1S/C19H17NO6/c1-23-14-9-13(21)17-11(18(14)22)5-6-12(20-17)10-7-15(24-2)19(26-4)16(8-10)25-3/h5-9H,1-4H3. The lowest BCUT2D eigenvalue weighted by Gasteiger charge is -2.16. The summed E-state index contributed by atoms with van der Waals surface area (Å²) in [6.45, 7) is 0. The van der Waals surface area contributed by atoms with Crippen LogP contribution in [-0.2, 0) is 4.74 Å². The van der Waals surface area contributed by atoms with Crippen molar-refractivity contribution in [2.24, 2.45) is 0 Å². The average molecular weight is 355 g/mol. The molecule has 7 nitrogen and oxygen atoms in total. The molecule has 7 heteroatoms. The van der Waals surface area contributed by atoms with Gasteiger partial charge in [-0.15, -0.1) is 0 Å². The number of ketones is 2. The van der Waals surface area contributed by atoms with Crippen molar-refractivity contribution < 1.29 is 28.5 Å². The van der Waals surface area contributed by atoms with Gasteiger partial charge in [-0.25, -0.2) is 4.98 Å². The van der Waals surface area contributed by atoms with E-state index >= 15 is 0 Å². The first-order valence-electron chi connectivity index (χ1n) is 7.70. The van der Waals surface area contributed by atoms with Crippen molar-refractivity contribution >= 4 is 11.6 Å². The number of hydrogen-bond donors (Lipinski definition) is 0. The molecule has 0 fully saturated rings. The van der Waals surface area contributed by atoms with Crippen molar-refractivity contribution in [1.82, 2.24) is 4.98 Å². The predicted octanol–water partition coefficient (Wildman–Crippen LogP) is 2.68. The maximum absolute atomic E-state index is 12.3. The van der Waals surface area contributed by atoms with Gasteiger partial charge in [0.25, 0.3) is 0 Å². The van der Waals surface area contributed by atoms with Gasteiger partial charge in [0.05, 0.1) is 39.7 Å². The van der Waals surface area contributed by atoms with Crippen LogP contribution in [0.25, 0.3) is 11.3 Å². The molecule has 0 amide bonds. The van der Waals surface area contributed by atoms with Crippen LogP contribution in [0.5, 0.6) is 17.2 Å². The van der Waals surface area contributed by atoms with E-state index in [1.807, 2.05) is 0 Å². The second-order valence-corrected chi connectivity index (χ2v) is 5.41. The van der Waals surface area contributed by atoms with Gasteiger partial charge in [-0.3, -0.25) is 9.59 Å². The molecule has 1 aromatic carbocycles. The van der Waals surface area contributed by atoms with E-state index in [1.54, 1.807) is 24.3 Å². The van der Waals surface area contributed by atoms with Crippen molar-refractivity contribution in [3.05, 3.63) is 47.4 Å². The number of benzene rings is 1. The fourth-order valence-corrected chi connectivity index (χ4v) is 2.76. The third-order valence-electron chi connectivity index (χ3n) is 4.04. The summed E-state index contributed by atoms with van der Waals surface area (Å²) in [5.74, 6) is 0.632. The van der Waals surface area contributed by atoms with Crippen LogP contribution >= 0.6 is 0 Å². The number of allylic oxidation sites excluding steroid dienone is 2. The van der Waals surface area contributed by atoms with E-state index in [0.717, 1.165) is 6.08 Å². The normalized spacial score (nSPS) is 13.0. The quantitative estimate of drug-likeness (QED) is 0.815. The fraction of sp³-hybridized carbons (Fsp3) is 0.211. The molecule has 1 heterocycles. The van der Waals surface area contributed by atoms with E-state index in [1.165, 1.54) is 28.4 Å². The summed E-state index contributed by atoms with van der Waals surface area (Å²) in [6.07, 6.45) is 1.15. The molecular weight excluding hydrogens is 338 g/mol. The monoisotopic (exact) mass is 355 g/mol. The van der Waals surface area contributed by atoms with Gasteiger partial charge in [0.1, 0.15) is 5.69 Å². The Morgan fingerprint density at radius 3 is 2.04 bits per heavy atom. The Balaban J connectivity index is 2.13. The first-order chi connectivity index (χ1) is 12.5. The van der Waals surface area contributed by atoms with Crippen LogP contribution in [-0.4, -0.2) is 45.0 Å². The van der Waals surface area contributed by atoms with Crippen molar-refractivity contribution in [2.75, 3.05) is 28.4 Å². The second-order valence-electron chi connectivity index (χ2n) is 5.41. The summed E-state index contributed by atoms with van der Waals surface area (Å²) in [7, 11) is 5.89. The van der Waals surface area contributed by atoms with Crippen LogP contribution in [0.2, 0.25) is 0 Å². The van der Waals surface area contributed by atoms with E-state index < -0.39 is 0 Å². The number of pyridine rings is 1. The number of carbonyl (C=O) groups is 2. The number of methoxy groups -OCH3 is 4. The second kappa shape index (κ2) is 6.87. The molecule has 0 saturated heterocycles. The van der Waals surface area contributed by atoms with Crippen LogP contribution in [0.1, 0.15) is 20.8 Å². The average Bonchev–Trinajstić information content (AvgIpc) is 2.68. The predicted molar refractivity (Wildman–Crippen MR) is 93.1 cm³/mol. The van der Waals surface area contributed by atoms with Crippen molar-refractivity contribution in [3.63, 3.8) is 0 Å². The zero-order valence-corrected chi connectivity index (χ0v) is 14.8. The topological polar surface area (TPSA) is 84.0 Å². The van der Waals surface area contributed by atoms with E-state index in [-0.39, 0.29) is 28.6 Å². The van der Waals surface area contributed by atoms with Gasteiger partial charge in [0.2, 0.25) is 17.3 Å². The first kappa shape index (κ1) is 17.5. The van der Waals surface area contributed by atoms with E-state index in [0.29, 0.717) is 28.5 Å². The highest BCUT2D eigenvalue weighted by molar-refractivity contribution is 6.23. The van der Waals surface area contributed by atoms with E-state index in [4.69, 9.17) is 18.9 Å². The van der Waals surface area contributed by atoms with Crippen LogP contribution in [0.3, 0.4) is 0 Å². The third kappa shape index (κ3) is 2.77. The molecule has 0 saturated carbocycles. The number of carbonyl (C=O) groups excluding carboxylic acids is 2. The minimum Gasteiger partial charge on any atom is -0.493 e. The summed E-state index contributed by atoms with van der Waals surface area (Å²) >= 11 is 0. The van der Waals surface area contributed by atoms with Crippen LogP contribution in [0.4, 0.5) is 0 Å². The van der Waals surface area contributed by atoms with Gasteiger partial charge in [0.15, 0.2) is 17.3 Å². The third-order valence-corrected chi connectivity index (χ3v) is 4.04. The Bertz CT molecular complexity index is 907. The fourth-order valence-electron chi connectivity index (χ4n) is 2.76. The van der Waals surface area contributed by atoms with Crippen LogP contribution in [0, 0.1) is 0 Å². The summed E-state index contributed by atoms with van der Waals surface area (Å²) in [6, 6.07) is 6.67. The summed E-state index contributed by atoms with van der Waals surface area (Å²) < 4.78 is 20.9. The van der Waals surface area contributed by atoms with E-state index in [9.17, 15) is 9.59 Å². The smallest absolute Gasteiger partial charge is 0.229 e. The molecule has 0 N–H and O–H groups in total. The summed E-state index contributed by atoms with van der Waals surface area (Å²) in [4.78, 5) is 28.9. The van der Waals surface area contributed by atoms with E-state index in [2.05, 4.69) is 4.98 Å². The van der Waals surface area contributed by atoms with Gasteiger partial charge >= 0.3 is 0 Å². The number of fused-ring (bicyclic) bond motifs is 1.